The van der Waals surface area contributed by atoms with Gasteiger partial charge in [-0.3, -0.25) is 0 Å². The first kappa shape index (κ1) is 22.5. The number of aromatic nitrogens is 1. The van der Waals surface area contributed by atoms with E-state index in [1.165, 1.54) is 44.1 Å². The summed E-state index contributed by atoms with van der Waals surface area (Å²) in [5, 5.41) is 2.59. The van der Waals surface area contributed by atoms with Crippen molar-refractivity contribution in [3.8, 4) is 0 Å². The quantitative estimate of drug-likeness (QED) is 0.267. The van der Waals surface area contributed by atoms with E-state index in [4.69, 9.17) is 0 Å². The summed E-state index contributed by atoms with van der Waals surface area (Å²) in [5.74, 6) is 0. The fourth-order valence-corrected chi connectivity index (χ4v) is 5.77. The average molecular weight is 446 g/mol. The van der Waals surface area contributed by atoms with Crippen molar-refractivity contribution in [3.05, 3.63) is 119 Å². The number of aromatic amines is 1. The Morgan fingerprint density at radius 2 is 0.912 bits per heavy atom. The highest BCUT2D eigenvalue weighted by Gasteiger charge is 2.46. The van der Waals surface area contributed by atoms with Crippen molar-refractivity contribution in [2.75, 3.05) is 0 Å². The number of hydrogen-bond acceptors (Lipinski definition) is 0. The van der Waals surface area contributed by atoms with Gasteiger partial charge in [0, 0.05) is 27.2 Å². The molecule has 34 heavy (non-hydrogen) atoms. The maximum absolute atomic E-state index is 3.65. The topological polar surface area (TPSA) is 15.8 Å². The van der Waals surface area contributed by atoms with Crippen LogP contribution in [0.3, 0.4) is 0 Å². The highest BCUT2D eigenvalue weighted by Crippen LogP contribution is 2.52. The Morgan fingerprint density at radius 1 is 0.471 bits per heavy atom. The molecule has 0 fully saturated rings. The Morgan fingerprint density at radius 3 is 1.35 bits per heavy atom. The molecule has 0 unspecified atom stereocenters. The number of fused-ring (bicyclic) bond motifs is 3. The lowest BCUT2D eigenvalue weighted by molar-refractivity contribution is 0.272. The van der Waals surface area contributed by atoms with Crippen molar-refractivity contribution in [1.29, 1.82) is 0 Å². The summed E-state index contributed by atoms with van der Waals surface area (Å²) < 4.78 is 0. The van der Waals surface area contributed by atoms with Gasteiger partial charge < -0.3 is 4.98 Å². The van der Waals surface area contributed by atoms with E-state index in [1.54, 1.807) is 0 Å². The molecule has 172 valence electrons. The molecule has 1 heterocycles. The number of benzene rings is 4. The van der Waals surface area contributed by atoms with Crippen molar-refractivity contribution < 1.29 is 0 Å². The lowest BCUT2D eigenvalue weighted by Crippen LogP contribution is -2.42. The van der Waals surface area contributed by atoms with Gasteiger partial charge in [-0.1, -0.05) is 114 Å². The third-order valence-electron chi connectivity index (χ3n) is 7.44. The van der Waals surface area contributed by atoms with Gasteiger partial charge in [0.2, 0.25) is 0 Å². The molecule has 5 rings (SSSR count). The minimum atomic E-state index is -0.297. The van der Waals surface area contributed by atoms with E-state index in [9.17, 15) is 0 Å². The Kier molecular flexibility index (Phi) is 5.20. The standard InChI is InChI=1S/C33H35N/c1-31(2,3)25-17-19-29-27(21-25)28-22-26(18-20-30(28)34-29)33(32(4,5)6,23-13-9-7-10-14-23)24-15-11-8-12-16-24/h7-22,34H,1-6H3. The van der Waals surface area contributed by atoms with Gasteiger partial charge in [-0.15, -0.1) is 0 Å². The maximum atomic E-state index is 3.65. The number of rotatable bonds is 3. The minimum absolute atomic E-state index is 0.0634. The number of H-pyrrole nitrogens is 1. The van der Waals surface area contributed by atoms with E-state index in [0.717, 1.165) is 0 Å². The second kappa shape index (κ2) is 7.87. The van der Waals surface area contributed by atoms with Crippen molar-refractivity contribution in [3.63, 3.8) is 0 Å². The average Bonchev–Trinajstić information content (AvgIpc) is 3.17. The number of nitrogens with one attached hydrogen (secondary N) is 1. The summed E-state index contributed by atoms with van der Waals surface area (Å²) in [6.45, 7) is 13.9. The first-order valence-corrected chi connectivity index (χ1v) is 12.3. The van der Waals surface area contributed by atoms with E-state index >= 15 is 0 Å². The van der Waals surface area contributed by atoms with Gasteiger partial charge in [-0.25, -0.2) is 0 Å². The molecule has 1 heteroatoms. The van der Waals surface area contributed by atoms with Crippen LogP contribution in [0.2, 0.25) is 0 Å². The Bertz CT molecular complexity index is 1400. The van der Waals surface area contributed by atoms with Gasteiger partial charge in [0.25, 0.3) is 0 Å². The highest BCUT2D eigenvalue weighted by molar-refractivity contribution is 6.07. The van der Waals surface area contributed by atoms with Crippen LogP contribution in [0.25, 0.3) is 21.8 Å². The summed E-state index contributed by atoms with van der Waals surface area (Å²) >= 11 is 0. The Labute approximate surface area is 203 Å². The zero-order chi connectivity index (χ0) is 24.1. The zero-order valence-corrected chi connectivity index (χ0v) is 21.2. The van der Waals surface area contributed by atoms with Crippen LogP contribution in [0, 0.1) is 5.41 Å². The molecule has 1 aromatic heterocycles. The molecule has 0 saturated carbocycles. The van der Waals surface area contributed by atoms with Crippen LogP contribution >= 0.6 is 0 Å². The van der Waals surface area contributed by atoms with Crippen LogP contribution in [0.1, 0.15) is 63.8 Å². The Balaban J connectivity index is 1.87. The van der Waals surface area contributed by atoms with Gasteiger partial charge in [-0.2, -0.15) is 0 Å². The second-order valence-corrected chi connectivity index (χ2v) is 11.6. The largest absolute Gasteiger partial charge is 0.355 e. The van der Waals surface area contributed by atoms with Gasteiger partial charge in [0.05, 0.1) is 0 Å². The molecule has 0 amide bonds. The van der Waals surface area contributed by atoms with Gasteiger partial charge in [0.15, 0.2) is 0 Å². The molecule has 4 aromatic carbocycles. The van der Waals surface area contributed by atoms with Gasteiger partial charge in [-0.05, 0) is 57.3 Å². The van der Waals surface area contributed by atoms with E-state index in [2.05, 4.69) is 144 Å². The molecule has 0 bridgehead atoms. The second-order valence-electron chi connectivity index (χ2n) is 11.6. The van der Waals surface area contributed by atoms with Crippen molar-refractivity contribution in [1.82, 2.24) is 4.98 Å². The van der Waals surface area contributed by atoms with Crippen LogP contribution in [-0.2, 0) is 10.8 Å². The lowest BCUT2D eigenvalue weighted by Gasteiger charge is -2.47. The molecule has 0 aliphatic rings. The predicted octanol–water partition coefficient (Wildman–Crippen LogP) is 9.00. The third-order valence-corrected chi connectivity index (χ3v) is 7.44. The fraction of sp³-hybridized carbons (Fsp3) is 0.273. The van der Waals surface area contributed by atoms with Gasteiger partial charge in [0.1, 0.15) is 0 Å². The van der Waals surface area contributed by atoms with E-state index in [1.807, 2.05) is 0 Å². The molecule has 0 aliphatic heterocycles. The molecule has 1 nitrogen and oxygen atoms in total. The number of hydrogen-bond donors (Lipinski definition) is 1. The van der Waals surface area contributed by atoms with Crippen molar-refractivity contribution in [2.45, 2.75) is 52.4 Å². The lowest BCUT2D eigenvalue weighted by atomic mass is 9.56. The molecule has 5 aromatic rings. The first-order valence-electron chi connectivity index (χ1n) is 12.3. The molecule has 0 spiro atoms. The molecule has 0 aliphatic carbocycles. The smallest absolute Gasteiger partial charge is 0.0499 e. The minimum Gasteiger partial charge on any atom is -0.355 e. The Hall–Kier alpha value is -3.32. The van der Waals surface area contributed by atoms with Crippen molar-refractivity contribution in [2.24, 2.45) is 5.41 Å². The summed E-state index contributed by atoms with van der Waals surface area (Å²) in [5.41, 5.74) is 7.47. The van der Waals surface area contributed by atoms with E-state index < -0.39 is 0 Å². The normalized spacial score (nSPS) is 13.0. The van der Waals surface area contributed by atoms with Crippen LogP contribution in [0.4, 0.5) is 0 Å². The maximum Gasteiger partial charge on any atom is 0.0499 e. The van der Waals surface area contributed by atoms with Crippen LogP contribution in [-0.4, -0.2) is 4.98 Å². The van der Waals surface area contributed by atoms with Gasteiger partial charge >= 0.3 is 0 Å². The molecule has 0 saturated heterocycles. The van der Waals surface area contributed by atoms with E-state index in [-0.39, 0.29) is 16.2 Å². The van der Waals surface area contributed by atoms with E-state index in [0.29, 0.717) is 0 Å². The molecule has 0 atom stereocenters. The summed E-state index contributed by atoms with van der Waals surface area (Å²) in [6, 6.07) is 35.9. The van der Waals surface area contributed by atoms with Crippen LogP contribution in [0.15, 0.2) is 97.1 Å². The van der Waals surface area contributed by atoms with Crippen molar-refractivity contribution >= 4 is 21.8 Å². The summed E-state index contributed by atoms with van der Waals surface area (Å²) in [6.07, 6.45) is 0. The monoisotopic (exact) mass is 445 g/mol. The zero-order valence-electron chi connectivity index (χ0n) is 21.2. The fourth-order valence-electron chi connectivity index (χ4n) is 5.77. The van der Waals surface area contributed by atoms with Crippen LogP contribution in [0.5, 0.6) is 0 Å². The highest BCUT2D eigenvalue weighted by atomic mass is 14.7. The third kappa shape index (κ3) is 3.46. The SMILES string of the molecule is CC(C)(C)c1ccc2[nH]c3ccc(C(c4ccccc4)(c4ccccc4)C(C)(C)C)cc3c2c1. The summed E-state index contributed by atoms with van der Waals surface area (Å²) in [7, 11) is 0. The predicted molar refractivity (Wildman–Crippen MR) is 147 cm³/mol. The van der Waals surface area contributed by atoms with Crippen LogP contribution < -0.4 is 0 Å². The molecular formula is C33H35N. The molecule has 0 radical (unpaired) electrons. The first-order chi connectivity index (χ1) is 16.1. The molecule has 1 N–H and O–H groups in total. The summed E-state index contributed by atoms with van der Waals surface area (Å²) in [4.78, 5) is 3.65. The molecular weight excluding hydrogens is 410 g/mol.